The van der Waals surface area contributed by atoms with Crippen molar-refractivity contribution in [3.05, 3.63) is 72.4 Å². The van der Waals surface area contributed by atoms with Crippen molar-refractivity contribution in [3.63, 3.8) is 0 Å². The Morgan fingerprint density at radius 1 is 1.10 bits per heavy atom. The molecule has 2 aromatic heterocycles. The van der Waals surface area contributed by atoms with Gasteiger partial charge < -0.3 is 14.8 Å². The molecule has 29 heavy (non-hydrogen) atoms. The van der Waals surface area contributed by atoms with Crippen LogP contribution in [0.3, 0.4) is 0 Å². The van der Waals surface area contributed by atoms with Gasteiger partial charge in [-0.25, -0.2) is 14.4 Å². The Morgan fingerprint density at radius 2 is 1.90 bits per heavy atom. The minimum Gasteiger partial charge on any atom is -0.495 e. The molecule has 0 radical (unpaired) electrons. The number of halogens is 1. The van der Waals surface area contributed by atoms with Crippen LogP contribution in [0.25, 0.3) is 17.0 Å². The Morgan fingerprint density at radius 3 is 2.62 bits per heavy atom. The summed E-state index contributed by atoms with van der Waals surface area (Å²) in [6, 6.07) is 11.1. The third kappa shape index (κ3) is 3.60. The molecular weight excluding hydrogens is 375 g/mol. The van der Waals surface area contributed by atoms with E-state index >= 15 is 0 Å². The summed E-state index contributed by atoms with van der Waals surface area (Å²) >= 11 is 0. The van der Waals surface area contributed by atoms with E-state index in [-0.39, 0.29) is 11.3 Å². The van der Waals surface area contributed by atoms with E-state index in [1.165, 1.54) is 26.4 Å². The summed E-state index contributed by atoms with van der Waals surface area (Å²) in [7, 11) is 2.87. The smallest absolute Gasteiger partial charge is 0.255 e. The van der Waals surface area contributed by atoms with Crippen molar-refractivity contribution in [3.8, 4) is 22.8 Å². The maximum absolute atomic E-state index is 13.9. The Balaban J connectivity index is 1.66. The lowest BCUT2D eigenvalue weighted by atomic mass is 10.1. The number of carbonyl (C=O) groups excluding carboxylic acids is 1. The van der Waals surface area contributed by atoms with Crippen molar-refractivity contribution in [2.45, 2.75) is 0 Å². The summed E-state index contributed by atoms with van der Waals surface area (Å²) in [6.45, 7) is 0. The quantitative estimate of drug-likeness (QED) is 0.559. The second-order valence-electron chi connectivity index (χ2n) is 6.17. The number of ether oxygens (including phenoxy) is 2. The summed E-state index contributed by atoms with van der Waals surface area (Å²) in [5.74, 6) is 0.0221. The Bertz CT molecular complexity index is 1170. The van der Waals surface area contributed by atoms with Gasteiger partial charge in [-0.05, 0) is 42.5 Å². The number of hydrogen-bond donors (Lipinski definition) is 1. The van der Waals surface area contributed by atoms with Crippen molar-refractivity contribution in [1.82, 2.24) is 14.4 Å². The van der Waals surface area contributed by atoms with E-state index in [0.717, 1.165) is 11.6 Å². The van der Waals surface area contributed by atoms with Gasteiger partial charge in [-0.1, -0.05) is 0 Å². The molecule has 0 fully saturated rings. The van der Waals surface area contributed by atoms with Crippen LogP contribution in [0.4, 0.5) is 10.1 Å². The molecule has 2 aromatic carbocycles. The van der Waals surface area contributed by atoms with E-state index in [4.69, 9.17) is 9.47 Å². The van der Waals surface area contributed by atoms with Crippen LogP contribution in [-0.2, 0) is 0 Å². The number of aromatic nitrogens is 3. The molecule has 1 amide bonds. The van der Waals surface area contributed by atoms with Crippen molar-refractivity contribution in [2.24, 2.45) is 0 Å². The summed E-state index contributed by atoms with van der Waals surface area (Å²) in [5, 5.41) is 2.76. The summed E-state index contributed by atoms with van der Waals surface area (Å²) in [6.07, 6.45) is 5.36. The van der Waals surface area contributed by atoms with E-state index < -0.39 is 11.7 Å². The molecule has 0 atom stereocenters. The fraction of sp³-hybridized carbons (Fsp3) is 0.0952. The highest BCUT2D eigenvalue weighted by atomic mass is 19.1. The molecule has 1 N–H and O–H groups in total. The van der Waals surface area contributed by atoms with Crippen LogP contribution < -0.4 is 14.8 Å². The number of nitrogens with one attached hydrogen (secondary N) is 1. The molecule has 0 saturated carbocycles. The summed E-state index contributed by atoms with van der Waals surface area (Å²) in [5.41, 5.74) is 2.06. The van der Waals surface area contributed by atoms with Gasteiger partial charge in [0.15, 0.2) is 11.6 Å². The summed E-state index contributed by atoms with van der Waals surface area (Å²) < 4.78 is 26.0. The number of anilines is 1. The van der Waals surface area contributed by atoms with Crippen LogP contribution in [0, 0.1) is 5.82 Å². The van der Waals surface area contributed by atoms with E-state index in [1.54, 1.807) is 22.7 Å². The monoisotopic (exact) mass is 392 g/mol. The van der Waals surface area contributed by atoms with Crippen LogP contribution in [0.2, 0.25) is 0 Å². The predicted molar refractivity (Wildman–Crippen MR) is 106 cm³/mol. The van der Waals surface area contributed by atoms with Gasteiger partial charge in [0, 0.05) is 29.7 Å². The zero-order valence-corrected chi connectivity index (χ0v) is 15.7. The van der Waals surface area contributed by atoms with Crippen LogP contribution in [-0.4, -0.2) is 34.5 Å². The first-order valence-electron chi connectivity index (χ1n) is 8.72. The number of methoxy groups -OCH3 is 2. The predicted octanol–water partition coefficient (Wildman–Crippen LogP) is 3.80. The average Bonchev–Trinajstić information content (AvgIpc) is 3.18. The first kappa shape index (κ1) is 18.4. The van der Waals surface area contributed by atoms with Gasteiger partial charge in [-0.2, -0.15) is 0 Å². The maximum Gasteiger partial charge on any atom is 0.255 e. The van der Waals surface area contributed by atoms with Gasteiger partial charge in [-0.3, -0.25) is 9.20 Å². The number of fused-ring (bicyclic) bond motifs is 1. The minimum absolute atomic E-state index is 0.0709. The highest BCUT2D eigenvalue weighted by molar-refractivity contribution is 6.05. The molecular formula is C21H17FN4O3. The Hall–Kier alpha value is -3.94. The van der Waals surface area contributed by atoms with Crippen LogP contribution in [0.15, 0.2) is 61.1 Å². The lowest BCUT2D eigenvalue weighted by Gasteiger charge is -2.12. The first-order chi connectivity index (χ1) is 14.1. The number of rotatable bonds is 5. The molecule has 0 bridgehead atoms. The number of imidazole rings is 1. The zero-order chi connectivity index (χ0) is 20.4. The number of benzene rings is 2. The molecule has 0 aliphatic rings. The average molecular weight is 392 g/mol. The number of nitrogens with zero attached hydrogens (tertiary/aromatic N) is 3. The van der Waals surface area contributed by atoms with E-state index in [0.29, 0.717) is 22.9 Å². The molecule has 146 valence electrons. The number of amides is 1. The minimum atomic E-state index is -0.613. The second-order valence-corrected chi connectivity index (χ2v) is 6.17. The summed E-state index contributed by atoms with van der Waals surface area (Å²) in [4.78, 5) is 21.3. The van der Waals surface area contributed by atoms with Crippen LogP contribution in [0.5, 0.6) is 11.5 Å². The van der Waals surface area contributed by atoms with Crippen LogP contribution >= 0.6 is 0 Å². The van der Waals surface area contributed by atoms with Gasteiger partial charge in [-0.15, -0.1) is 0 Å². The third-order valence-corrected chi connectivity index (χ3v) is 4.39. The van der Waals surface area contributed by atoms with Gasteiger partial charge in [0.05, 0.1) is 25.6 Å². The molecule has 8 heteroatoms. The lowest BCUT2D eigenvalue weighted by Crippen LogP contribution is -2.13. The largest absolute Gasteiger partial charge is 0.495 e. The fourth-order valence-corrected chi connectivity index (χ4v) is 2.94. The van der Waals surface area contributed by atoms with Crippen molar-refractivity contribution in [2.75, 3.05) is 19.5 Å². The van der Waals surface area contributed by atoms with Gasteiger partial charge in [0.1, 0.15) is 5.75 Å². The van der Waals surface area contributed by atoms with Crippen molar-refractivity contribution in [1.29, 1.82) is 0 Å². The standard InChI is InChI=1S/C21H17FN4O3/c1-28-18-6-5-14(10-15(18)22)20(27)24-16-11-13(4-7-19(16)29-2)17-12-26-9-3-8-23-21(26)25-17/h3-12H,1-2H3,(H,24,27). The highest BCUT2D eigenvalue weighted by Gasteiger charge is 2.14. The van der Waals surface area contributed by atoms with E-state index in [9.17, 15) is 9.18 Å². The SMILES string of the molecule is COc1ccc(C(=O)Nc2cc(-c3cn4cccnc4n3)ccc2OC)cc1F. The Labute approximate surface area is 165 Å². The van der Waals surface area contributed by atoms with Gasteiger partial charge in [0.25, 0.3) is 5.91 Å². The number of carbonyl (C=O) groups is 1. The van der Waals surface area contributed by atoms with E-state index in [1.807, 2.05) is 24.5 Å². The topological polar surface area (TPSA) is 77.8 Å². The lowest BCUT2D eigenvalue weighted by molar-refractivity contribution is 0.102. The maximum atomic E-state index is 13.9. The fourth-order valence-electron chi connectivity index (χ4n) is 2.94. The first-order valence-corrected chi connectivity index (χ1v) is 8.72. The molecule has 0 saturated heterocycles. The molecule has 0 aliphatic carbocycles. The van der Waals surface area contributed by atoms with Gasteiger partial charge >= 0.3 is 0 Å². The molecule has 7 nitrogen and oxygen atoms in total. The molecule has 2 heterocycles. The normalized spacial score (nSPS) is 10.7. The van der Waals surface area contributed by atoms with E-state index in [2.05, 4.69) is 15.3 Å². The van der Waals surface area contributed by atoms with Gasteiger partial charge in [0.2, 0.25) is 5.78 Å². The van der Waals surface area contributed by atoms with Crippen molar-refractivity contribution >= 4 is 17.4 Å². The third-order valence-electron chi connectivity index (χ3n) is 4.39. The van der Waals surface area contributed by atoms with Crippen molar-refractivity contribution < 1.29 is 18.7 Å². The second kappa shape index (κ2) is 7.59. The Kier molecular flexibility index (Phi) is 4.82. The molecule has 4 aromatic rings. The molecule has 0 aliphatic heterocycles. The number of hydrogen-bond acceptors (Lipinski definition) is 5. The van der Waals surface area contributed by atoms with Crippen LogP contribution in [0.1, 0.15) is 10.4 Å². The highest BCUT2D eigenvalue weighted by Crippen LogP contribution is 2.31. The molecule has 0 spiro atoms. The zero-order valence-electron chi connectivity index (χ0n) is 15.7. The molecule has 4 rings (SSSR count). The molecule has 0 unspecified atom stereocenters.